The van der Waals surface area contributed by atoms with Crippen molar-refractivity contribution < 1.29 is 0 Å². The highest BCUT2D eigenvalue weighted by atomic mass is 79.9. The molecule has 0 fully saturated rings. The molecule has 0 saturated carbocycles. The van der Waals surface area contributed by atoms with Gasteiger partial charge in [0.1, 0.15) is 0 Å². The number of nitrogens with zero attached hydrogens (tertiary/aromatic N) is 3. The second-order valence-electron chi connectivity index (χ2n) is 3.88. The van der Waals surface area contributed by atoms with Crippen molar-refractivity contribution in [2.45, 2.75) is 19.9 Å². The summed E-state index contributed by atoms with van der Waals surface area (Å²) in [6.45, 7) is 3.75. The maximum absolute atomic E-state index is 6.13. The first kappa shape index (κ1) is 13.5. The van der Waals surface area contributed by atoms with Gasteiger partial charge in [-0.3, -0.25) is 0 Å². The number of halogens is 2. The summed E-state index contributed by atoms with van der Waals surface area (Å²) in [5.74, 6) is 0.762. The predicted octanol–water partition coefficient (Wildman–Crippen LogP) is 3.18. The monoisotopic (exact) mass is 328 g/mol. The van der Waals surface area contributed by atoms with Crippen LogP contribution in [-0.2, 0) is 6.54 Å². The Morgan fingerprint density at radius 1 is 1.44 bits per heavy atom. The molecule has 0 amide bonds. The maximum Gasteiger partial charge on any atom is 0.153 e. The van der Waals surface area contributed by atoms with Crippen LogP contribution in [-0.4, -0.2) is 21.3 Å². The molecule has 2 aromatic heterocycles. The van der Waals surface area contributed by atoms with E-state index in [0.29, 0.717) is 11.6 Å². The Kier molecular flexibility index (Phi) is 4.74. The van der Waals surface area contributed by atoms with E-state index in [0.717, 1.165) is 29.0 Å². The fraction of sp³-hybridized carbons (Fsp3) is 0.333. The van der Waals surface area contributed by atoms with Crippen molar-refractivity contribution >= 4 is 27.5 Å². The lowest BCUT2D eigenvalue weighted by molar-refractivity contribution is 0.661. The maximum atomic E-state index is 6.13. The van der Waals surface area contributed by atoms with E-state index in [1.165, 1.54) is 0 Å². The zero-order chi connectivity index (χ0) is 13.0. The van der Waals surface area contributed by atoms with E-state index in [1.807, 2.05) is 18.3 Å². The Labute approximate surface area is 119 Å². The lowest BCUT2D eigenvalue weighted by atomic mass is 10.3. The predicted molar refractivity (Wildman–Crippen MR) is 76.1 cm³/mol. The minimum absolute atomic E-state index is 0.670. The third-order valence-electron chi connectivity index (χ3n) is 2.41. The van der Waals surface area contributed by atoms with Crippen LogP contribution in [0.5, 0.6) is 0 Å². The first-order valence-electron chi connectivity index (χ1n) is 5.77. The van der Waals surface area contributed by atoms with Crippen LogP contribution >= 0.6 is 27.5 Å². The normalized spacial score (nSPS) is 10.8. The smallest absolute Gasteiger partial charge is 0.153 e. The molecule has 2 aromatic rings. The van der Waals surface area contributed by atoms with Gasteiger partial charge in [0.15, 0.2) is 5.82 Å². The fourth-order valence-corrected chi connectivity index (χ4v) is 1.99. The fourth-order valence-electron chi connectivity index (χ4n) is 1.53. The van der Waals surface area contributed by atoms with E-state index in [9.17, 15) is 0 Å². The van der Waals surface area contributed by atoms with Gasteiger partial charge in [0.25, 0.3) is 0 Å². The van der Waals surface area contributed by atoms with Gasteiger partial charge < -0.3 is 5.32 Å². The largest absolute Gasteiger partial charge is 0.311 e. The van der Waals surface area contributed by atoms with Crippen LogP contribution < -0.4 is 5.32 Å². The summed E-state index contributed by atoms with van der Waals surface area (Å²) in [5.41, 5.74) is 0.842. The number of nitrogens with one attached hydrogen (secondary N) is 1. The highest BCUT2D eigenvalue weighted by Gasteiger charge is 2.06. The Bertz CT molecular complexity index is 527. The number of rotatable bonds is 5. The van der Waals surface area contributed by atoms with Crippen LogP contribution in [0.25, 0.3) is 5.82 Å². The van der Waals surface area contributed by atoms with Gasteiger partial charge >= 0.3 is 0 Å². The number of aromatic nitrogens is 3. The molecule has 0 aliphatic carbocycles. The third-order valence-corrected chi connectivity index (χ3v) is 3.16. The molecule has 96 valence electrons. The van der Waals surface area contributed by atoms with E-state index in [-0.39, 0.29) is 0 Å². The van der Waals surface area contributed by atoms with Crippen molar-refractivity contribution in [1.82, 2.24) is 20.1 Å². The molecule has 0 bridgehead atoms. The molecule has 1 N–H and O–H groups in total. The van der Waals surface area contributed by atoms with E-state index < -0.39 is 0 Å². The van der Waals surface area contributed by atoms with Crippen LogP contribution in [0.4, 0.5) is 0 Å². The van der Waals surface area contributed by atoms with Gasteiger partial charge in [-0.05, 0) is 41.0 Å². The van der Waals surface area contributed by atoms with Gasteiger partial charge in [-0.25, -0.2) is 9.67 Å². The molecule has 0 saturated heterocycles. The van der Waals surface area contributed by atoms with Gasteiger partial charge in [0.2, 0.25) is 0 Å². The lowest BCUT2D eigenvalue weighted by Crippen LogP contribution is -2.16. The third kappa shape index (κ3) is 3.31. The molecule has 6 heteroatoms. The second-order valence-corrected chi connectivity index (χ2v) is 5.20. The van der Waals surface area contributed by atoms with Gasteiger partial charge in [-0.2, -0.15) is 5.10 Å². The molecular weight excluding hydrogens is 316 g/mol. The average molecular weight is 330 g/mol. The Hall–Kier alpha value is -0.910. The Balaban J connectivity index is 2.20. The van der Waals surface area contributed by atoms with E-state index in [4.69, 9.17) is 11.6 Å². The van der Waals surface area contributed by atoms with E-state index in [2.05, 4.69) is 38.3 Å². The van der Waals surface area contributed by atoms with Crippen LogP contribution in [0.2, 0.25) is 5.02 Å². The van der Waals surface area contributed by atoms with Crippen LogP contribution in [0, 0.1) is 0 Å². The first-order chi connectivity index (χ1) is 8.70. The van der Waals surface area contributed by atoms with Crippen molar-refractivity contribution in [3.8, 4) is 5.82 Å². The zero-order valence-electron chi connectivity index (χ0n) is 10.0. The summed E-state index contributed by atoms with van der Waals surface area (Å²) < 4.78 is 2.63. The SMILES string of the molecule is CCCNCc1nc(-n2cc(Br)cn2)ccc1Cl. The topological polar surface area (TPSA) is 42.7 Å². The van der Waals surface area contributed by atoms with E-state index >= 15 is 0 Å². The zero-order valence-corrected chi connectivity index (χ0v) is 12.4. The number of hydrogen-bond acceptors (Lipinski definition) is 3. The van der Waals surface area contributed by atoms with Crippen molar-refractivity contribution in [2.24, 2.45) is 0 Å². The van der Waals surface area contributed by atoms with Gasteiger partial charge in [0, 0.05) is 12.7 Å². The molecule has 2 rings (SSSR count). The molecular formula is C12H14BrClN4. The van der Waals surface area contributed by atoms with Gasteiger partial charge in [-0.1, -0.05) is 18.5 Å². The van der Waals surface area contributed by atoms with E-state index in [1.54, 1.807) is 10.9 Å². The summed E-state index contributed by atoms with van der Waals surface area (Å²) in [5, 5.41) is 8.16. The van der Waals surface area contributed by atoms with Gasteiger partial charge in [-0.15, -0.1) is 0 Å². The van der Waals surface area contributed by atoms with Crippen LogP contribution in [0.1, 0.15) is 19.0 Å². The van der Waals surface area contributed by atoms with Crippen molar-refractivity contribution in [1.29, 1.82) is 0 Å². The van der Waals surface area contributed by atoms with Crippen LogP contribution in [0.15, 0.2) is 29.0 Å². The molecule has 0 atom stereocenters. The molecule has 0 aromatic carbocycles. The molecule has 0 aliphatic heterocycles. The van der Waals surface area contributed by atoms with Crippen molar-refractivity contribution in [3.63, 3.8) is 0 Å². The first-order valence-corrected chi connectivity index (χ1v) is 6.94. The molecule has 4 nitrogen and oxygen atoms in total. The minimum atomic E-state index is 0.670. The summed E-state index contributed by atoms with van der Waals surface area (Å²) in [6.07, 6.45) is 4.67. The summed E-state index contributed by atoms with van der Waals surface area (Å²) >= 11 is 9.49. The molecule has 0 unspecified atom stereocenters. The molecule has 18 heavy (non-hydrogen) atoms. The number of hydrogen-bond donors (Lipinski definition) is 1. The second kappa shape index (κ2) is 6.31. The minimum Gasteiger partial charge on any atom is -0.311 e. The Morgan fingerprint density at radius 3 is 2.94 bits per heavy atom. The lowest BCUT2D eigenvalue weighted by Gasteiger charge is -2.07. The van der Waals surface area contributed by atoms with Crippen molar-refractivity contribution in [2.75, 3.05) is 6.54 Å². The molecule has 0 aliphatic rings. The van der Waals surface area contributed by atoms with Crippen molar-refractivity contribution in [3.05, 3.63) is 39.7 Å². The highest BCUT2D eigenvalue weighted by Crippen LogP contribution is 2.17. The summed E-state index contributed by atoms with van der Waals surface area (Å²) in [7, 11) is 0. The van der Waals surface area contributed by atoms with Crippen LogP contribution in [0.3, 0.4) is 0 Å². The highest BCUT2D eigenvalue weighted by molar-refractivity contribution is 9.10. The molecule has 0 spiro atoms. The standard InChI is InChI=1S/C12H14BrClN4/c1-2-5-15-7-11-10(14)3-4-12(17-11)18-8-9(13)6-16-18/h3-4,6,8,15H,2,5,7H2,1H3. The number of pyridine rings is 1. The van der Waals surface area contributed by atoms with Gasteiger partial charge in [0.05, 0.1) is 21.4 Å². The Morgan fingerprint density at radius 2 is 2.28 bits per heavy atom. The average Bonchev–Trinajstić information content (AvgIpc) is 2.78. The summed E-state index contributed by atoms with van der Waals surface area (Å²) in [4.78, 5) is 4.51. The summed E-state index contributed by atoms with van der Waals surface area (Å²) in [6, 6.07) is 3.70. The molecule has 0 radical (unpaired) electrons. The molecule has 2 heterocycles. The quantitative estimate of drug-likeness (QED) is 0.857.